The molecule has 1 aliphatic rings. The molecule has 0 bridgehead atoms. The van der Waals surface area contributed by atoms with Crippen LogP contribution in [-0.2, 0) is 21.2 Å². The van der Waals surface area contributed by atoms with Crippen LogP contribution in [0.5, 0.6) is 5.75 Å². The van der Waals surface area contributed by atoms with Gasteiger partial charge in [0.25, 0.3) is 0 Å². The highest BCUT2D eigenvalue weighted by atomic mass is 32.2. The molecule has 7 heteroatoms. The Morgan fingerprint density at radius 3 is 2.57 bits per heavy atom. The van der Waals surface area contributed by atoms with Crippen molar-refractivity contribution >= 4 is 16.0 Å². The van der Waals surface area contributed by atoms with Crippen LogP contribution in [0.3, 0.4) is 0 Å². The number of methoxy groups -OCH3 is 1. The van der Waals surface area contributed by atoms with Crippen molar-refractivity contribution in [1.29, 1.82) is 0 Å². The molecule has 0 amide bonds. The molecule has 21 heavy (non-hydrogen) atoms. The molecule has 0 heterocycles. The summed E-state index contributed by atoms with van der Waals surface area (Å²) in [4.78, 5) is 10.9. The number of carboxylic acid groups (broad SMARTS) is 1. The van der Waals surface area contributed by atoms with Crippen molar-refractivity contribution in [2.24, 2.45) is 5.41 Å². The number of nitrogens with one attached hydrogen (secondary N) is 1. The second-order valence-electron chi connectivity index (χ2n) is 5.91. The van der Waals surface area contributed by atoms with Crippen molar-refractivity contribution in [2.45, 2.75) is 37.6 Å². The molecule has 2 N–H and O–H groups in total. The van der Waals surface area contributed by atoms with Crippen LogP contribution in [0.2, 0.25) is 0 Å². The van der Waals surface area contributed by atoms with E-state index >= 15 is 0 Å². The number of hydrogen-bond donors (Lipinski definition) is 2. The van der Waals surface area contributed by atoms with Gasteiger partial charge < -0.3 is 9.84 Å². The molecule has 1 unspecified atom stereocenters. The van der Waals surface area contributed by atoms with Crippen molar-refractivity contribution in [3.8, 4) is 5.75 Å². The average molecular weight is 313 g/mol. The van der Waals surface area contributed by atoms with E-state index in [1.54, 1.807) is 0 Å². The molecule has 0 aliphatic heterocycles. The van der Waals surface area contributed by atoms with E-state index < -0.39 is 16.0 Å². The fourth-order valence-corrected chi connectivity index (χ4v) is 3.79. The van der Waals surface area contributed by atoms with Gasteiger partial charge in [-0.05, 0) is 35.6 Å². The molecule has 2 rings (SSSR count). The van der Waals surface area contributed by atoms with Crippen LogP contribution < -0.4 is 9.46 Å². The van der Waals surface area contributed by atoms with Gasteiger partial charge in [0, 0.05) is 6.04 Å². The highest BCUT2D eigenvalue weighted by molar-refractivity contribution is 7.89. The molecule has 6 nitrogen and oxygen atoms in total. The van der Waals surface area contributed by atoms with Gasteiger partial charge in [0.05, 0.1) is 18.4 Å². The van der Waals surface area contributed by atoms with E-state index in [9.17, 15) is 13.2 Å². The van der Waals surface area contributed by atoms with Crippen molar-refractivity contribution < 1.29 is 23.1 Å². The summed E-state index contributed by atoms with van der Waals surface area (Å²) in [5.74, 6) is -0.664. The summed E-state index contributed by atoms with van der Waals surface area (Å²) in [6.07, 6.45) is 0.401. The minimum Gasteiger partial charge on any atom is -0.497 e. The lowest BCUT2D eigenvalue weighted by atomic mass is 10.1. The van der Waals surface area contributed by atoms with E-state index in [0.717, 1.165) is 6.42 Å². The van der Waals surface area contributed by atoms with Gasteiger partial charge in [-0.1, -0.05) is 13.8 Å². The van der Waals surface area contributed by atoms with Gasteiger partial charge in [-0.2, -0.15) is 0 Å². The number of aliphatic carboxylic acids is 1. The third-order valence-corrected chi connectivity index (χ3v) is 5.28. The number of benzene rings is 1. The lowest BCUT2D eigenvalue weighted by Crippen LogP contribution is -2.29. The van der Waals surface area contributed by atoms with Gasteiger partial charge in [-0.3, -0.25) is 4.79 Å². The molecule has 0 spiro atoms. The van der Waals surface area contributed by atoms with E-state index in [-0.39, 0.29) is 28.3 Å². The van der Waals surface area contributed by atoms with E-state index in [0.29, 0.717) is 5.75 Å². The Morgan fingerprint density at radius 1 is 1.48 bits per heavy atom. The Bertz CT molecular complexity index is 666. The summed E-state index contributed by atoms with van der Waals surface area (Å²) in [6, 6.07) is 4.23. The van der Waals surface area contributed by atoms with Crippen molar-refractivity contribution in [2.75, 3.05) is 7.11 Å². The van der Waals surface area contributed by atoms with Crippen molar-refractivity contribution in [1.82, 2.24) is 4.72 Å². The van der Waals surface area contributed by atoms with Crippen LogP contribution in [0.15, 0.2) is 23.1 Å². The third kappa shape index (κ3) is 3.54. The molecule has 0 saturated heterocycles. The summed E-state index contributed by atoms with van der Waals surface area (Å²) in [5.41, 5.74) is 0.166. The number of ether oxygens (including phenoxy) is 1. The first-order valence-corrected chi connectivity index (χ1v) is 8.05. The van der Waals surface area contributed by atoms with Gasteiger partial charge in [0.1, 0.15) is 5.75 Å². The number of sulfonamides is 1. The van der Waals surface area contributed by atoms with Crippen LogP contribution in [0, 0.1) is 5.41 Å². The standard InChI is InChI=1S/C14H19NO5S/c1-14(2)8-12(14)15-21(18,19)11-5-4-10(20-3)6-9(11)7-13(16)17/h4-6,12,15H,7-8H2,1-3H3,(H,16,17). The van der Waals surface area contributed by atoms with Crippen LogP contribution in [0.1, 0.15) is 25.8 Å². The van der Waals surface area contributed by atoms with Gasteiger partial charge in [-0.15, -0.1) is 0 Å². The number of carboxylic acids is 1. The van der Waals surface area contributed by atoms with E-state index in [1.165, 1.54) is 25.3 Å². The molecule has 1 saturated carbocycles. The first kappa shape index (κ1) is 15.8. The summed E-state index contributed by atoms with van der Waals surface area (Å²) < 4.78 is 32.5. The first-order valence-electron chi connectivity index (χ1n) is 6.57. The second-order valence-corrected chi connectivity index (χ2v) is 7.59. The fraction of sp³-hybridized carbons (Fsp3) is 0.500. The maximum atomic E-state index is 12.4. The molecule has 0 radical (unpaired) electrons. The minimum atomic E-state index is -3.74. The van der Waals surface area contributed by atoms with Gasteiger partial charge in [0.2, 0.25) is 10.0 Å². The molecule has 1 aliphatic carbocycles. The summed E-state index contributed by atoms with van der Waals surface area (Å²) in [5, 5.41) is 8.94. The molecular weight excluding hydrogens is 294 g/mol. The Morgan fingerprint density at radius 2 is 2.10 bits per heavy atom. The van der Waals surface area contributed by atoms with Gasteiger partial charge >= 0.3 is 5.97 Å². The molecule has 1 aromatic carbocycles. The van der Waals surface area contributed by atoms with Crippen LogP contribution in [0.25, 0.3) is 0 Å². The zero-order valence-electron chi connectivity index (χ0n) is 12.2. The monoisotopic (exact) mass is 313 g/mol. The lowest BCUT2D eigenvalue weighted by Gasteiger charge is -2.13. The largest absolute Gasteiger partial charge is 0.497 e. The number of rotatable bonds is 6. The van der Waals surface area contributed by atoms with E-state index in [1.807, 2.05) is 13.8 Å². The predicted octanol–water partition coefficient (Wildman–Crippen LogP) is 1.40. The van der Waals surface area contributed by atoms with Gasteiger partial charge in [0.15, 0.2) is 0 Å². The zero-order chi connectivity index (χ0) is 15.8. The molecule has 1 atom stereocenters. The Balaban J connectivity index is 2.35. The molecular formula is C14H19NO5S. The zero-order valence-corrected chi connectivity index (χ0v) is 13.0. The lowest BCUT2D eigenvalue weighted by molar-refractivity contribution is -0.136. The Labute approximate surface area is 124 Å². The number of hydrogen-bond acceptors (Lipinski definition) is 4. The second kappa shape index (κ2) is 5.31. The first-order chi connectivity index (χ1) is 9.65. The van der Waals surface area contributed by atoms with E-state index in [2.05, 4.69) is 4.72 Å². The molecule has 1 fully saturated rings. The smallest absolute Gasteiger partial charge is 0.307 e. The highest BCUT2D eigenvalue weighted by Crippen LogP contribution is 2.45. The summed E-state index contributed by atoms with van der Waals surface area (Å²) in [6.45, 7) is 3.96. The SMILES string of the molecule is COc1ccc(S(=O)(=O)NC2CC2(C)C)c(CC(=O)O)c1. The van der Waals surface area contributed by atoms with Crippen LogP contribution in [0.4, 0.5) is 0 Å². The fourth-order valence-electron chi connectivity index (χ4n) is 2.17. The normalized spacial score (nSPS) is 20.0. The maximum Gasteiger partial charge on any atom is 0.307 e. The molecule has 116 valence electrons. The average Bonchev–Trinajstić information content (AvgIpc) is 2.94. The topological polar surface area (TPSA) is 92.7 Å². The van der Waals surface area contributed by atoms with Crippen molar-refractivity contribution in [3.05, 3.63) is 23.8 Å². The highest BCUT2D eigenvalue weighted by Gasteiger charge is 2.48. The summed E-state index contributed by atoms with van der Waals surface area (Å²) in [7, 11) is -2.29. The minimum absolute atomic E-state index is 0.00611. The Hall–Kier alpha value is -1.60. The van der Waals surface area contributed by atoms with Crippen LogP contribution >= 0.6 is 0 Å². The van der Waals surface area contributed by atoms with E-state index in [4.69, 9.17) is 9.84 Å². The van der Waals surface area contributed by atoms with Gasteiger partial charge in [-0.25, -0.2) is 13.1 Å². The number of carbonyl (C=O) groups is 1. The summed E-state index contributed by atoms with van der Waals surface area (Å²) >= 11 is 0. The Kier molecular flexibility index (Phi) is 3.99. The quantitative estimate of drug-likeness (QED) is 0.828. The van der Waals surface area contributed by atoms with Crippen molar-refractivity contribution in [3.63, 3.8) is 0 Å². The van der Waals surface area contributed by atoms with Crippen LogP contribution in [-0.4, -0.2) is 32.6 Å². The molecule has 0 aromatic heterocycles. The predicted molar refractivity (Wildman–Crippen MR) is 76.8 cm³/mol. The maximum absolute atomic E-state index is 12.4. The molecule has 1 aromatic rings. The third-order valence-electron chi connectivity index (χ3n) is 3.71.